The molecule has 1 aliphatic rings. The van der Waals surface area contributed by atoms with Crippen molar-refractivity contribution >= 4 is 0 Å². The molecule has 1 fully saturated rings. The first-order valence-electron chi connectivity index (χ1n) is 5.63. The van der Waals surface area contributed by atoms with Gasteiger partial charge < -0.3 is 10.5 Å². The molecule has 1 unspecified atom stereocenters. The number of ether oxygens (including phenoxy) is 1. The predicted octanol–water partition coefficient (Wildman–Crippen LogP) is 1.94. The van der Waals surface area contributed by atoms with Gasteiger partial charge in [-0.3, -0.25) is 0 Å². The summed E-state index contributed by atoms with van der Waals surface area (Å²) in [6.07, 6.45) is 1.07. The minimum Gasteiger partial charge on any atom is -0.379 e. The molecule has 0 aromatic heterocycles. The molecule has 0 saturated carbocycles. The van der Waals surface area contributed by atoms with Crippen LogP contribution in [0.25, 0.3) is 0 Å². The molecule has 0 spiro atoms. The molecule has 0 radical (unpaired) electrons. The molecule has 0 amide bonds. The van der Waals surface area contributed by atoms with Crippen LogP contribution in [-0.4, -0.2) is 19.8 Å². The Morgan fingerprint density at radius 1 is 1.33 bits per heavy atom. The molecule has 82 valence electrons. The van der Waals surface area contributed by atoms with Crippen LogP contribution in [0.5, 0.6) is 0 Å². The van der Waals surface area contributed by atoms with Crippen LogP contribution in [-0.2, 0) is 10.2 Å². The zero-order valence-corrected chi connectivity index (χ0v) is 9.28. The van der Waals surface area contributed by atoms with E-state index in [0.29, 0.717) is 5.92 Å². The summed E-state index contributed by atoms with van der Waals surface area (Å²) in [5, 5.41) is 0. The van der Waals surface area contributed by atoms with E-state index in [1.807, 2.05) is 0 Å². The molecule has 2 rings (SSSR count). The molecule has 1 aromatic carbocycles. The standard InChI is InChI=1S/C13H19NO/c1-11(7-8-14)13(9-15-10-13)12-5-3-2-4-6-12/h2-6,11H,7-10,14H2,1H3. The van der Waals surface area contributed by atoms with Crippen LogP contribution in [0.4, 0.5) is 0 Å². The highest BCUT2D eigenvalue weighted by molar-refractivity contribution is 5.28. The molecule has 15 heavy (non-hydrogen) atoms. The van der Waals surface area contributed by atoms with E-state index >= 15 is 0 Å². The first-order valence-corrected chi connectivity index (χ1v) is 5.63. The van der Waals surface area contributed by atoms with Crippen LogP contribution >= 0.6 is 0 Å². The summed E-state index contributed by atoms with van der Waals surface area (Å²) in [7, 11) is 0. The van der Waals surface area contributed by atoms with Crippen molar-refractivity contribution in [2.24, 2.45) is 11.7 Å². The number of nitrogens with two attached hydrogens (primary N) is 1. The molecular formula is C13H19NO. The van der Waals surface area contributed by atoms with Gasteiger partial charge in [0.15, 0.2) is 0 Å². The third kappa shape index (κ3) is 1.80. The SMILES string of the molecule is CC(CCN)C1(c2ccccc2)COC1. The third-order valence-electron chi connectivity index (χ3n) is 3.61. The van der Waals surface area contributed by atoms with Crippen molar-refractivity contribution < 1.29 is 4.74 Å². The van der Waals surface area contributed by atoms with Gasteiger partial charge in [-0.25, -0.2) is 0 Å². The van der Waals surface area contributed by atoms with E-state index in [4.69, 9.17) is 10.5 Å². The molecule has 0 aliphatic carbocycles. The van der Waals surface area contributed by atoms with Gasteiger partial charge in [-0.15, -0.1) is 0 Å². The molecule has 2 nitrogen and oxygen atoms in total. The Morgan fingerprint density at radius 3 is 2.47 bits per heavy atom. The topological polar surface area (TPSA) is 35.2 Å². The lowest BCUT2D eigenvalue weighted by Crippen LogP contribution is -2.52. The van der Waals surface area contributed by atoms with E-state index in [2.05, 4.69) is 37.3 Å². The van der Waals surface area contributed by atoms with Crippen molar-refractivity contribution in [1.29, 1.82) is 0 Å². The lowest BCUT2D eigenvalue weighted by Gasteiger charge is -2.46. The molecule has 1 aliphatic heterocycles. The summed E-state index contributed by atoms with van der Waals surface area (Å²) in [6.45, 7) is 4.73. The minimum absolute atomic E-state index is 0.223. The monoisotopic (exact) mass is 205 g/mol. The number of hydrogen-bond donors (Lipinski definition) is 1. The fourth-order valence-corrected chi connectivity index (χ4v) is 2.35. The Hall–Kier alpha value is -0.860. The largest absolute Gasteiger partial charge is 0.379 e. The van der Waals surface area contributed by atoms with Crippen LogP contribution < -0.4 is 5.73 Å². The zero-order chi connectivity index (χ0) is 10.7. The summed E-state index contributed by atoms with van der Waals surface area (Å²) < 4.78 is 5.42. The maximum Gasteiger partial charge on any atom is 0.0588 e. The summed E-state index contributed by atoms with van der Waals surface area (Å²) >= 11 is 0. The molecule has 0 bridgehead atoms. The van der Waals surface area contributed by atoms with Crippen molar-refractivity contribution in [2.45, 2.75) is 18.8 Å². The Bertz CT molecular complexity index is 306. The van der Waals surface area contributed by atoms with Gasteiger partial charge in [0, 0.05) is 5.41 Å². The second-order valence-corrected chi connectivity index (χ2v) is 4.49. The van der Waals surface area contributed by atoms with Gasteiger partial charge in [-0.2, -0.15) is 0 Å². The summed E-state index contributed by atoms with van der Waals surface area (Å²) in [4.78, 5) is 0. The fraction of sp³-hybridized carbons (Fsp3) is 0.538. The number of rotatable bonds is 4. The lowest BCUT2D eigenvalue weighted by molar-refractivity contribution is -0.0883. The first kappa shape index (κ1) is 10.7. The summed E-state index contributed by atoms with van der Waals surface area (Å²) in [6, 6.07) is 10.7. The fourth-order valence-electron chi connectivity index (χ4n) is 2.35. The third-order valence-corrected chi connectivity index (χ3v) is 3.61. The van der Waals surface area contributed by atoms with Crippen LogP contribution in [0.15, 0.2) is 30.3 Å². The van der Waals surface area contributed by atoms with Gasteiger partial charge in [0.05, 0.1) is 13.2 Å². The molecule has 1 aromatic rings. The maximum absolute atomic E-state index is 5.64. The number of benzene rings is 1. The van der Waals surface area contributed by atoms with Crippen LogP contribution in [0.2, 0.25) is 0 Å². The quantitative estimate of drug-likeness (QED) is 0.815. The minimum atomic E-state index is 0.223. The van der Waals surface area contributed by atoms with Gasteiger partial charge >= 0.3 is 0 Å². The molecule has 1 saturated heterocycles. The van der Waals surface area contributed by atoms with E-state index in [9.17, 15) is 0 Å². The summed E-state index contributed by atoms with van der Waals surface area (Å²) in [5.74, 6) is 0.596. The highest BCUT2D eigenvalue weighted by atomic mass is 16.5. The average Bonchev–Trinajstić information content (AvgIpc) is 2.18. The van der Waals surface area contributed by atoms with Crippen LogP contribution in [0, 0.1) is 5.92 Å². The molecular weight excluding hydrogens is 186 g/mol. The van der Waals surface area contributed by atoms with Crippen molar-refractivity contribution in [3.05, 3.63) is 35.9 Å². The van der Waals surface area contributed by atoms with E-state index in [1.165, 1.54) is 5.56 Å². The van der Waals surface area contributed by atoms with Crippen LogP contribution in [0.1, 0.15) is 18.9 Å². The molecule has 1 heterocycles. The Kier molecular flexibility index (Phi) is 3.08. The molecule has 2 heteroatoms. The molecule has 2 N–H and O–H groups in total. The molecule has 1 atom stereocenters. The lowest BCUT2D eigenvalue weighted by atomic mass is 9.68. The normalized spacial score (nSPS) is 20.7. The van der Waals surface area contributed by atoms with Crippen LogP contribution in [0.3, 0.4) is 0 Å². The Labute approximate surface area is 91.4 Å². The smallest absolute Gasteiger partial charge is 0.0588 e. The van der Waals surface area contributed by atoms with Crippen molar-refractivity contribution in [3.8, 4) is 0 Å². The second-order valence-electron chi connectivity index (χ2n) is 4.49. The van der Waals surface area contributed by atoms with E-state index in [1.54, 1.807) is 0 Å². The predicted molar refractivity (Wildman–Crippen MR) is 61.8 cm³/mol. The summed E-state index contributed by atoms with van der Waals surface area (Å²) in [5.41, 5.74) is 7.27. The van der Waals surface area contributed by atoms with Gasteiger partial charge in [-0.05, 0) is 24.4 Å². The van der Waals surface area contributed by atoms with Crippen molar-refractivity contribution in [3.63, 3.8) is 0 Å². The average molecular weight is 205 g/mol. The van der Waals surface area contributed by atoms with Gasteiger partial charge in [0.1, 0.15) is 0 Å². The van der Waals surface area contributed by atoms with Crippen molar-refractivity contribution in [2.75, 3.05) is 19.8 Å². The van der Waals surface area contributed by atoms with Gasteiger partial charge in [0.25, 0.3) is 0 Å². The maximum atomic E-state index is 5.64. The Balaban J connectivity index is 2.22. The Morgan fingerprint density at radius 2 is 2.00 bits per heavy atom. The number of hydrogen-bond acceptors (Lipinski definition) is 2. The van der Waals surface area contributed by atoms with E-state index < -0.39 is 0 Å². The highest BCUT2D eigenvalue weighted by Crippen LogP contribution is 2.40. The van der Waals surface area contributed by atoms with Gasteiger partial charge in [-0.1, -0.05) is 37.3 Å². The van der Waals surface area contributed by atoms with Gasteiger partial charge in [0.2, 0.25) is 0 Å². The first-order chi connectivity index (χ1) is 7.29. The van der Waals surface area contributed by atoms with Crippen molar-refractivity contribution in [1.82, 2.24) is 0 Å². The van der Waals surface area contributed by atoms with E-state index in [0.717, 1.165) is 26.2 Å². The second kappa shape index (κ2) is 4.33. The zero-order valence-electron chi connectivity index (χ0n) is 9.28. The highest BCUT2D eigenvalue weighted by Gasteiger charge is 2.44. The van der Waals surface area contributed by atoms with E-state index in [-0.39, 0.29) is 5.41 Å².